The van der Waals surface area contributed by atoms with Crippen molar-refractivity contribution in [1.29, 1.82) is 0 Å². The highest BCUT2D eigenvalue weighted by Gasteiger charge is 2.27. The first-order chi connectivity index (χ1) is 10.2. The fourth-order valence-corrected chi connectivity index (χ4v) is 3.10. The molecule has 2 heterocycles. The van der Waals surface area contributed by atoms with Crippen LogP contribution < -0.4 is 10.4 Å². The number of H-pyrrole nitrogens is 1. The Morgan fingerprint density at radius 1 is 1.52 bits per heavy atom. The Labute approximate surface area is 123 Å². The molecule has 1 atom stereocenters. The van der Waals surface area contributed by atoms with Gasteiger partial charge in [-0.1, -0.05) is 30.0 Å². The van der Waals surface area contributed by atoms with E-state index in [1.165, 1.54) is 4.57 Å². The summed E-state index contributed by atoms with van der Waals surface area (Å²) in [7, 11) is 0. The number of aromatic nitrogens is 3. The van der Waals surface area contributed by atoms with Gasteiger partial charge >= 0.3 is 11.7 Å². The van der Waals surface area contributed by atoms with Gasteiger partial charge in [0.05, 0.1) is 18.4 Å². The zero-order valence-electron chi connectivity index (χ0n) is 11.0. The number of nitrogens with zero attached hydrogens (tertiary/aromatic N) is 2. The molecule has 0 saturated heterocycles. The summed E-state index contributed by atoms with van der Waals surface area (Å²) in [6, 6.07) is 7.33. The molecule has 0 bridgehead atoms. The molecule has 21 heavy (non-hydrogen) atoms. The Bertz CT molecular complexity index is 724. The number of rotatable bonds is 4. The summed E-state index contributed by atoms with van der Waals surface area (Å²) in [6.07, 6.45) is 0.636. The number of carbonyl (C=O) groups is 1. The molecule has 0 amide bonds. The molecule has 0 radical (unpaired) electrons. The number of aliphatic carboxylic acids is 1. The number of benzene rings is 1. The van der Waals surface area contributed by atoms with Crippen molar-refractivity contribution < 1.29 is 14.6 Å². The van der Waals surface area contributed by atoms with Gasteiger partial charge in [0.2, 0.25) is 0 Å². The average Bonchev–Trinajstić information content (AvgIpc) is 2.85. The van der Waals surface area contributed by atoms with E-state index in [4.69, 9.17) is 9.84 Å². The van der Waals surface area contributed by atoms with Crippen molar-refractivity contribution in [3.8, 4) is 5.75 Å². The molecule has 2 N–H and O–H groups in total. The fourth-order valence-electron chi connectivity index (χ4n) is 2.38. The van der Waals surface area contributed by atoms with Crippen LogP contribution in [0.3, 0.4) is 0 Å². The lowest BCUT2D eigenvalue weighted by molar-refractivity contribution is -0.133. The van der Waals surface area contributed by atoms with E-state index >= 15 is 0 Å². The summed E-state index contributed by atoms with van der Waals surface area (Å²) in [5.41, 5.74) is 0.564. The number of carboxylic acid groups (broad SMARTS) is 1. The summed E-state index contributed by atoms with van der Waals surface area (Å²) < 4.78 is 7.09. The van der Waals surface area contributed by atoms with Gasteiger partial charge in [0.15, 0.2) is 5.16 Å². The molecule has 0 aliphatic carbocycles. The van der Waals surface area contributed by atoms with Crippen LogP contribution in [0, 0.1) is 0 Å². The van der Waals surface area contributed by atoms with Crippen LogP contribution in [0.1, 0.15) is 18.0 Å². The maximum absolute atomic E-state index is 12.0. The monoisotopic (exact) mass is 307 g/mol. The van der Waals surface area contributed by atoms with Gasteiger partial charge in [0.25, 0.3) is 0 Å². The molecule has 1 aliphatic heterocycles. The number of aromatic amines is 1. The van der Waals surface area contributed by atoms with E-state index in [0.29, 0.717) is 18.2 Å². The number of nitrogens with one attached hydrogen (secondary N) is 1. The van der Waals surface area contributed by atoms with E-state index < -0.39 is 5.97 Å². The van der Waals surface area contributed by atoms with E-state index in [1.54, 1.807) is 0 Å². The third-order valence-corrected chi connectivity index (χ3v) is 4.17. The quantitative estimate of drug-likeness (QED) is 0.822. The van der Waals surface area contributed by atoms with Gasteiger partial charge in [-0.15, -0.1) is 5.10 Å². The van der Waals surface area contributed by atoms with Crippen molar-refractivity contribution in [3.63, 3.8) is 0 Å². The highest BCUT2D eigenvalue weighted by molar-refractivity contribution is 7.99. The standard InChI is InChI=1S/C13H13N3O4S/c17-11(18)7-21-13-15-14-12(19)16(13)9-5-6-20-10-4-2-1-3-8(9)10/h1-4,9H,5-7H2,(H,14,19)(H,17,18). The summed E-state index contributed by atoms with van der Waals surface area (Å²) in [6.45, 7) is 0.502. The average molecular weight is 307 g/mol. The second-order valence-corrected chi connectivity index (χ2v) is 5.50. The van der Waals surface area contributed by atoms with Gasteiger partial charge in [-0.05, 0) is 6.07 Å². The lowest BCUT2D eigenvalue weighted by Crippen LogP contribution is -2.28. The molecular weight excluding hydrogens is 294 g/mol. The highest BCUT2D eigenvalue weighted by atomic mass is 32.2. The van der Waals surface area contributed by atoms with Crippen molar-refractivity contribution in [1.82, 2.24) is 14.8 Å². The van der Waals surface area contributed by atoms with Crippen LogP contribution in [-0.4, -0.2) is 38.2 Å². The second-order valence-electron chi connectivity index (χ2n) is 4.55. The summed E-state index contributed by atoms with van der Waals surface area (Å²) in [5, 5.41) is 15.5. The van der Waals surface area contributed by atoms with E-state index in [2.05, 4.69) is 10.2 Å². The SMILES string of the molecule is O=C(O)CSc1n[nH]c(=O)n1C1CCOc2ccccc21. The third kappa shape index (κ3) is 2.66. The van der Waals surface area contributed by atoms with Crippen LogP contribution in [0.5, 0.6) is 5.75 Å². The van der Waals surface area contributed by atoms with Crippen LogP contribution in [0.15, 0.2) is 34.2 Å². The maximum atomic E-state index is 12.0. The lowest BCUT2D eigenvalue weighted by Gasteiger charge is -2.26. The Hall–Kier alpha value is -2.22. The normalized spacial score (nSPS) is 17.0. The molecule has 1 unspecified atom stereocenters. The largest absolute Gasteiger partial charge is 0.493 e. The number of carboxylic acids is 1. The Kier molecular flexibility index (Phi) is 3.70. The Balaban J connectivity index is 2.00. The lowest BCUT2D eigenvalue weighted by atomic mass is 10.0. The van der Waals surface area contributed by atoms with Crippen LogP contribution in [0.4, 0.5) is 0 Å². The Morgan fingerprint density at radius 2 is 2.33 bits per heavy atom. The molecule has 0 saturated carbocycles. The number of fused-ring (bicyclic) bond motifs is 1. The van der Waals surface area contributed by atoms with Crippen molar-refractivity contribution in [2.24, 2.45) is 0 Å². The molecule has 1 aliphatic rings. The number of hydrogen-bond donors (Lipinski definition) is 2. The van der Waals surface area contributed by atoms with Crippen molar-refractivity contribution >= 4 is 17.7 Å². The first kappa shape index (κ1) is 13.7. The minimum absolute atomic E-state index is 0.144. The molecule has 8 heteroatoms. The van der Waals surface area contributed by atoms with E-state index in [9.17, 15) is 9.59 Å². The van der Waals surface area contributed by atoms with Gasteiger partial charge in [0, 0.05) is 12.0 Å². The molecule has 1 aromatic carbocycles. The van der Waals surface area contributed by atoms with E-state index in [0.717, 1.165) is 23.1 Å². The third-order valence-electron chi connectivity index (χ3n) is 3.24. The van der Waals surface area contributed by atoms with Gasteiger partial charge in [-0.3, -0.25) is 9.36 Å². The summed E-state index contributed by atoms with van der Waals surface area (Å²) in [5.74, 6) is -0.347. The van der Waals surface area contributed by atoms with Gasteiger partial charge in [-0.2, -0.15) is 0 Å². The van der Waals surface area contributed by atoms with Gasteiger partial charge in [0.1, 0.15) is 5.75 Å². The molecule has 0 fully saturated rings. The molecule has 2 aromatic rings. The topological polar surface area (TPSA) is 97.2 Å². The smallest absolute Gasteiger partial charge is 0.344 e. The van der Waals surface area contributed by atoms with Gasteiger partial charge in [-0.25, -0.2) is 9.89 Å². The Morgan fingerprint density at radius 3 is 3.14 bits per heavy atom. The molecular formula is C13H13N3O4S. The summed E-state index contributed by atoms with van der Waals surface area (Å²) >= 11 is 1.02. The van der Waals surface area contributed by atoms with Crippen molar-refractivity contribution in [2.45, 2.75) is 17.6 Å². The van der Waals surface area contributed by atoms with Crippen LogP contribution >= 0.6 is 11.8 Å². The minimum Gasteiger partial charge on any atom is -0.493 e. The molecule has 0 spiro atoms. The number of hydrogen-bond acceptors (Lipinski definition) is 5. The molecule has 1 aromatic heterocycles. The summed E-state index contributed by atoms with van der Waals surface area (Å²) in [4.78, 5) is 22.7. The minimum atomic E-state index is -0.950. The molecule has 3 rings (SSSR count). The van der Waals surface area contributed by atoms with E-state index in [-0.39, 0.29) is 17.5 Å². The second kappa shape index (κ2) is 5.65. The predicted octanol–water partition coefficient (Wildman–Crippen LogP) is 1.12. The number of ether oxygens (including phenoxy) is 1. The van der Waals surface area contributed by atoms with Crippen LogP contribution in [-0.2, 0) is 4.79 Å². The zero-order chi connectivity index (χ0) is 14.8. The number of thioether (sulfide) groups is 1. The van der Waals surface area contributed by atoms with Crippen molar-refractivity contribution in [3.05, 3.63) is 40.3 Å². The first-order valence-electron chi connectivity index (χ1n) is 6.40. The van der Waals surface area contributed by atoms with Crippen molar-refractivity contribution in [2.75, 3.05) is 12.4 Å². The highest BCUT2D eigenvalue weighted by Crippen LogP contribution is 2.35. The van der Waals surface area contributed by atoms with Crippen LogP contribution in [0.25, 0.3) is 0 Å². The zero-order valence-corrected chi connectivity index (χ0v) is 11.8. The van der Waals surface area contributed by atoms with Crippen LogP contribution in [0.2, 0.25) is 0 Å². The molecule has 110 valence electrons. The number of para-hydroxylation sites is 1. The fraction of sp³-hybridized carbons (Fsp3) is 0.308. The van der Waals surface area contributed by atoms with E-state index in [1.807, 2.05) is 24.3 Å². The maximum Gasteiger partial charge on any atom is 0.344 e. The predicted molar refractivity (Wildman–Crippen MR) is 75.9 cm³/mol. The van der Waals surface area contributed by atoms with Gasteiger partial charge < -0.3 is 9.84 Å². The molecule has 7 nitrogen and oxygen atoms in total. The first-order valence-corrected chi connectivity index (χ1v) is 7.38.